The van der Waals surface area contributed by atoms with Gasteiger partial charge in [-0.05, 0) is 6.42 Å². The van der Waals surface area contributed by atoms with Crippen LogP contribution < -0.4 is 0 Å². The fourth-order valence-corrected chi connectivity index (χ4v) is 1.86. The Balaban J connectivity index is 2.71. The number of nitriles is 1. The summed E-state index contributed by atoms with van der Waals surface area (Å²) in [7, 11) is 0. The molecule has 86 valence electrons. The Bertz CT molecular complexity index is 335. The van der Waals surface area contributed by atoms with Gasteiger partial charge in [-0.3, -0.25) is 4.79 Å². The molecule has 0 aromatic heterocycles. The van der Waals surface area contributed by atoms with Gasteiger partial charge in [0.2, 0.25) is 5.91 Å². The number of likely N-dealkylation sites (tertiary alicyclic amines) is 1. The zero-order valence-corrected chi connectivity index (χ0v) is 9.13. The van der Waals surface area contributed by atoms with Crippen LogP contribution in [0.25, 0.3) is 0 Å². The fourth-order valence-electron chi connectivity index (χ4n) is 1.86. The third kappa shape index (κ3) is 2.45. The van der Waals surface area contributed by atoms with E-state index in [0.717, 1.165) is 6.29 Å². The summed E-state index contributed by atoms with van der Waals surface area (Å²) in [6.45, 7) is 1.95. The van der Waals surface area contributed by atoms with Crippen molar-refractivity contribution in [1.82, 2.24) is 4.90 Å². The third-order valence-corrected chi connectivity index (χ3v) is 2.83. The van der Waals surface area contributed by atoms with Gasteiger partial charge in [0.1, 0.15) is 18.6 Å². The van der Waals surface area contributed by atoms with Gasteiger partial charge in [0.05, 0.1) is 6.07 Å². The minimum atomic E-state index is -0.531. The molecule has 0 aromatic rings. The summed E-state index contributed by atoms with van der Waals surface area (Å²) in [6.07, 6.45) is 2.03. The molecular formula is C11H14N2O3. The van der Waals surface area contributed by atoms with Crippen LogP contribution in [0.15, 0.2) is 0 Å². The highest BCUT2D eigenvalue weighted by molar-refractivity contribution is 5.82. The molecule has 0 aliphatic carbocycles. The van der Waals surface area contributed by atoms with Crippen molar-refractivity contribution in [2.45, 2.75) is 25.8 Å². The molecule has 1 rings (SSSR count). The van der Waals surface area contributed by atoms with Crippen LogP contribution in [0.4, 0.5) is 0 Å². The van der Waals surface area contributed by atoms with Crippen LogP contribution in [0.2, 0.25) is 0 Å². The van der Waals surface area contributed by atoms with Crippen molar-refractivity contribution in [1.29, 1.82) is 5.26 Å². The number of carbonyl (C=O) groups excluding carboxylic acids is 3. The van der Waals surface area contributed by atoms with Crippen LogP contribution in [0, 0.1) is 23.2 Å². The molecule has 1 aliphatic rings. The second kappa shape index (κ2) is 5.40. The summed E-state index contributed by atoms with van der Waals surface area (Å²) in [4.78, 5) is 34.2. The van der Waals surface area contributed by atoms with Crippen LogP contribution in [0.1, 0.15) is 19.8 Å². The molecule has 1 fully saturated rings. The van der Waals surface area contributed by atoms with Crippen LogP contribution in [-0.2, 0) is 14.4 Å². The molecule has 0 saturated carbocycles. The molecule has 3 unspecified atom stereocenters. The van der Waals surface area contributed by atoms with Crippen molar-refractivity contribution in [2.75, 3.05) is 6.54 Å². The van der Waals surface area contributed by atoms with Crippen LogP contribution in [0.3, 0.4) is 0 Å². The molecule has 0 N–H and O–H groups in total. The van der Waals surface area contributed by atoms with E-state index in [1.165, 1.54) is 4.90 Å². The van der Waals surface area contributed by atoms with Gasteiger partial charge in [-0.2, -0.15) is 5.26 Å². The third-order valence-electron chi connectivity index (χ3n) is 2.83. The van der Waals surface area contributed by atoms with Gasteiger partial charge < -0.3 is 14.5 Å². The average Bonchev–Trinajstić information content (AvgIpc) is 2.71. The zero-order chi connectivity index (χ0) is 12.1. The molecule has 0 aromatic carbocycles. The van der Waals surface area contributed by atoms with Gasteiger partial charge in [-0.1, -0.05) is 6.92 Å². The van der Waals surface area contributed by atoms with Gasteiger partial charge in [-0.25, -0.2) is 0 Å². The van der Waals surface area contributed by atoms with Crippen molar-refractivity contribution in [2.24, 2.45) is 11.8 Å². The van der Waals surface area contributed by atoms with Crippen LogP contribution in [0.5, 0.6) is 0 Å². The molecule has 1 saturated heterocycles. The Morgan fingerprint density at radius 1 is 1.62 bits per heavy atom. The molecule has 1 amide bonds. The predicted molar refractivity (Wildman–Crippen MR) is 55.1 cm³/mol. The van der Waals surface area contributed by atoms with E-state index in [9.17, 15) is 14.4 Å². The van der Waals surface area contributed by atoms with E-state index < -0.39 is 12.0 Å². The molecule has 0 spiro atoms. The SMILES string of the molecule is CC(CC=O)C(=O)N1CC(C=O)CC1C#N. The number of nitrogens with zero attached hydrogens (tertiary/aromatic N) is 2. The van der Waals surface area contributed by atoms with E-state index in [1.54, 1.807) is 6.92 Å². The first kappa shape index (κ1) is 12.4. The maximum atomic E-state index is 11.9. The van der Waals surface area contributed by atoms with E-state index in [2.05, 4.69) is 0 Å². The number of aldehydes is 2. The lowest BCUT2D eigenvalue weighted by atomic mass is 10.1. The molecule has 0 bridgehead atoms. The topological polar surface area (TPSA) is 78.2 Å². The van der Waals surface area contributed by atoms with E-state index in [4.69, 9.17) is 5.26 Å². The smallest absolute Gasteiger partial charge is 0.226 e. The molecule has 16 heavy (non-hydrogen) atoms. The first-order valence-electron chi connectivity index (χ1n) is 5.23. The van der Waals surface area contributed by atoms with Gasteiger partial charge in [0, 0.05) is 24.8 Å². The Hall–Kier alpha value is -1.70. The normalized spacial score (nSPS) is 25.9. The number of hydrogen-bond donors (Lipinski definition) is 0. The summed E-state index contributed by atoms with van der Waals surface area (Å²) in [5, 5.41) is 8.88. The maximum Gasteiger partial charge on any atom is 0.226 e. The van der Waals surface area contributed by atoms with Crippen molar-refractivity contribution < 1.29 is 14.4 Å². The van der Waals surface area contributed by atoms with Crippen molar-refractivity contribution in [3.05, 3.63) is 0 Å². The number of hydrogen-bond acceptors (Lipinski definition) is 4. The Kier molecular flexibility index (Phi) is 4.18. The zero-order valence-electron chi connectivity index (χ0n) is 9.13. The Morgan fingerprint density at radius 3 is 2.81 bits per heavy atom. The summed E-state index contributed by atoms with van der Waals surface area (Å²) in [6, 6.07) is 1.48. The highest BCUT2D eigenvalue weighted by Crippen LogP contribution is 2.23. The highest BCUT2D eigenvalue weighted by atomic mass is 16.2. The molecule has 1 aliphatic heterocycles. The number of carbonyl (C=O) groups is 3. The predicted octanol–water partition coefficient (Wildman–Crippen LogP) is 0.151. The largest absolute Gasteiger partial charge is 0.326 e. The van der Waals surface area contributed by atoms with Crippen molar-refractivity contribution in [3.8, 4) is 6.07 Å². The van der Waals surface area contributed by atoms with E-state index in [0.29, 0.717) is 19.3 Å². The van der Waals surface area contributed by atoms with E-state index in [1.807, 2.05) is 6.07 Å². The summed E-state index contributed by atoms with van der Waals surface area (Å²) in [5.74, 6) is -0.890. The van der Waals surface area contributed by atoms with Gasteiger partial charge >= 0.3 is 0 Å². The lowest BCUT2D eigenvalue weighted by Gasteiger charge is -2.22. The molecule has 3 atom stereocenters. The quantitative estimate of drug-likeness (QED) is 0.634. The molecule has 1 heterocycles. The second-order valence-electron chi connectivity index (χ2n) is 4.07. The van der Waals surface area contributed by atoms with Crippen LogP contribution in [-0.4, -0.2) is 36.0 Å². The van der Waals surface area contributed by atoms with E-state index in [-0.39, 0.29) is 18.2 Å². The average molecular weight is 222 g/mol. The van der Waals surface area contributed by atoms with Gasteiger partial charge in [-0.15, -0.1) is 0 Å². The lowest BCUT2D eigenvalue weighted by molar-refractivity contribution is -0.136. The Morgan fingerprint density at radius 2 is 2.31 bits per heavy atom. The summed E-state index contributed by atoms with van der Waals surface area (Å²) >= 11 is 0. The van der Waals surface area contributed by atoms with Crippen molar-refractivity contribution >= 4 is 18.5 Å². The second-order valence-corrected chi connectivity index (χ2v) is 4.07. The fraction of sp³-hybridized carbons (Fsp3) is 0.636. The Labute approximate surface area is 94.0 Å². The molecule has 5 nitrogen and oxygen atoms in total. The van der Waals surface area contributed by atoms with Crippen molar-refractivity contribution in [3.63, 3.8) is 0 Å². The first-order chi connectivity index (χ1) is 7.63. The summed E-state index contributed by atoms with van der Waals surface area (Å²) in [5.41, 5.74) is 0. The highest BCUT2D eigenvalue weighted by Gasteiger charge is 2.36. The van der Waals surface area contributed by atoms with Crippen LogP contribution >= 0.6 is 0 Å². The van der Waals surface area contributed by atoms with Gasteiger partial charge in [0.25, 0.3) is 0 Å². The number of amides is 1. The maximum absolute atomic E-state index is 11.9. The first-order valence-corrected chi connectivity index (χ1v) is 5.23. The lowest BCUT2D eigenvalue weighted by Crippen LogP contribution is -2.38. The standard InChI is InChI=1S/C11H14N2O3/c1-8(2-3-14)11(16)13-6-9(7-15)4-10(13)5-12/h3,7-10H,2,4,6H2,1H3. The van der Waals surface area contributed by atoms with Gasteiger partial charge in [0.15, 0.2) is 0 Å². The van der Waals surface area contributed by atoms with E-state index >= 15 is 0 Å². The monoisotopic (exact) mass is 222 g/mol. The molecule has 0 radical (unpaired) electrons. The number of rotatable bonds is 4. The minimum absolute atomic E-state index is 0.152. The minimum Gasteiger partial charge on any atom is -0.326 e. The molecular weight excluding hydrogens is 208 g/mol. The summed E-state index contributed by atoms with van der Waals surface area (Å²) < 4.78 is 0. The molecule has 5 heteroatoms.